The van der Waals surface area contributed by atoms with E-state index in [1.165, 1.54) is 17.7 Å². The van der Waals surface area contributed by atoms with Crippen molar-refractivity contribution in [1.82, 2.24) is 9.80 Å². The molecule has 0 aromatic heterocycles. The number of hydrogen-bond donors (Lipinski definition) is 0. The van der Waals surface area contributed by atoms with Crippen molar-refractivity contribution in [2.45, 2.75) is 25.4 Å². The Morgan fingerprint density at radius 3 is 2.70 bits per heavy atom. The van der Waals surface area contributed by atoms with Crippen LogP contribution in [0.5, 0.6) is 0 Å². The first-order valence-electron chi connectivity index (χ1n) is 7.41. The summed E-state index contributed by atoms with van der Waals surface area (Å²) >= 11 is 0. The Hall–Kier alpha value is -1.55. The summed E-state index contributed by atoms with van der Waals surface area (Å²) in [4.78, 5) is 18.7. The van der Waals surface area contributed by atoms with Gasteiger partial charge in [-0.05, 0) is 37.1 Å². The lowest BCUT2D eigenvalue weighted by Gasteiger charge is -2.44. The molecule has 2 bridgehead atoms. The highest BCUT2D eigenvalue weighted by Gasteiger charge is 2.34. The average Bonchev–Trinajstić information content (AvgIpc) is 2.44. The Balaban J connectivity index is 1.71. The molecular formula is C16H23N3O. The number of hydrogen-bond acceptors (Lipinski definition) is 3. The smallest absolute Gasteiger partial charge is 0.237 e. The minimum Gasteiger partial charge on any atom is -0.378 e. The summed E-state index contributed by atoms with van der Waals surface area (Å²) in [5, 5.41) is 0. The van der Waals surface area contributed by atoms with Crippen molar-refractivity contribution in [3.8, 4) is 0 Å². The summed E-state index contributed by atoms with van der Waals surface area (Å²) in [5.41, 5.74) is 2.42. The van der Waals surface area contributed by atoms with Gasteiger partial charge in [0.1, 0.15) is 0 Å². The Morgan fingerprint density at radius 1 is 1.25 bits per heavy atom. The van der Waals surface area contributed by atoms with Crippen LogP contribution < -0.4 is 4.90 Å². The van der Waals surface area contributed by atoms with E-state index >= 15 is 0 Å². The van der Waals surface area contributed by atoms with E-state index in [1.807, 2.05) is 14.1 Å². The molecule has 2 aliphatic heterocycles. The lowest BCUT2D eigenvalue weighted by Crippen LogP contribution is -2.58. The van der Waals surface area contributed by atoms with E-state index in [1.54, 1.807) is 0 Å². The molecule has 108 valence electrons. The Labute approximate surface area is 121 Å². The number of amides is 1. The van der Waals surface area contributed by atoms with Gasteiger partial charge in [-0.15, -0.1) is 0 Å². The van der Waals surface area contributed by atoms with Crippen molar-refractivity contribution < 1.29 is 4.79 Å². The van der Waals surface area contributed by atoms with Crippen molar-refractivity contribution in [1.29, 1.82) is 0 Å². The van der Waals surface area contributed by atoms with Crippen molar-refractivity contribution >= 4 is 11.6 Å². The minimum absolute atomic E-state index is 0.289. The van der Waals surface area contributed by atoms with Gasteiger partial charge in [-0.2, -0.15) is 0 Å². The maximum absolute atomic E-state index is 12.3. The lowest BCUT2D eigenvalue weighted by molar-refractivity contribution is -0.142. The number of fused-ring (bicyclic) bond motifs is 2. The maximum Gasteiger partial charge on any atom is 0.237 e. The zero-order valence-electron chi connectivity index (χ0n) is 12.4. The Kier molecular flexibility index (Phi) is 3.66. The fraction of sp³-hybridized carbons (Fsp3) is 0.562. The number of nitrogens with zero attached hydrogens (tertiary/aromatic N) is 3. The van der Waals surface area contributed by atoms with Crippen LogP contribution in [0.4, 0.5) is 5.69 Å². The van der Waals surface area contributed by atoms with Gasteiger partial charge in [-0.1, -0.05) is 12.1 Å². The molecule has 4 heteroatoms. The van der Waals surface area contributed by atoms with E-state index in [9.17, 15) is 4.79 Å². The third kappa shape index (κ3) is 2.66. The number of rotatable bonds is 3. The van der Waals surface area contributed by atoms with Crippen LogP contribution in [0.3, 0.4) is 0 Å². The Bertz CT molecular complexity index is 483. The van der Waals surface area contributed by atoms with Crippen LogP contribution in [0, 0.1) is 0 Å². The normalized spacial score (nSPS) is 25.7. The standard InChI is InChI=1S/C16H23N3O/c1-17(2)14-7-5-13(6-8-14)10-19-15-4-3-9-18(11-15)12-16(19)20/h5-8,15H,3-4,9-12H2,1-2H3. The van der Waals surface area contributed by atoms with E-state index in [4.69, 9.17) is 0 Å². The summed E-state index contributed by atoms with van der Waals surface area (Å²) in [6, 6.07) is 8.93. The first-order chi connectivity index (χ1) is 9.63. The molecule has 0 aliphatic carbocycles. The summed E-state index contributed by atoms with van der Waals surface area (Å²) in [6.07, 6.45) is 2.37. The van der Waals surface area contributed by atoms with Gasteiger partial charge in [-0.25, -0.2) is 0 Å². The van der Waals surface area contributed by atoms with Crippen molar-refractivity contribution in [2.24, 2.45) is 0 Å². The van der Waals surface area contributed by atoms with E-state index in [0.717, 1.165) is 26.1 Å². The fourth-order valence-electron chi connectivity index (χ4n) is 3.23. The van der Waals surface area contributed by atoms with Crippen LogP contribution in [0.25, 0.3) is 0 Å². The van der Waals surface area contributed by atoms with Crippen LogP contribution in [0.1, 0.15) is 18.4 Å². The first kappa shape index (κ1) is 13.4. The number of benzene rings is 1. The van der Waals surface area contributed by atoms with E-state index in [-0.39, 0.29) is 5.91 Å². The van der Waals surface area contributed by atoms with Crippen molar-refractivity contribution in [2.75, 3.05) is 38.6 Å². The summed E-state index contributed by atoms with van der Waals surface area (Å²) in [7, 11) is 4.08. The molecule has 2 unspecified atom stereocenters. The van der Waals surface area contributed by atoms with Crippen LogP contribution >= 0.6 is 0 Å². The highest BCUT2D eigenvalue weighted by Crippen LogP contribution is 2.23. The number of piperazine rings is 1. The second kappa shape index (κ2) is 5.44. The summed E-state index contributed by atoms with van der Waals surface area (Å²) < 4.78 is 0. The average molecular weight is 273 g/mol. The Morgan fingerprint density at radius 2 is 2.00 bits per heavy atom. The SMILES string of the molecule is CN(C)c1ccc(CN2C(=O)CN3CCCC2C3)cc1. The molecule has 2 aliphatic rings. The third-order valence-electron chi connectivity index (χ3n) is 4.41. The molecule has 0 N–H and O–H groups in total. The predicted molar refractivity (Wildman–Crippen MR) is 80.8 cm³/mol. The second-order valence-electron chi connectivity index (χ2n) is 6.11. The summed E-state index contributed by atoms with van der Waals surface area (Å²) in [6.45, 7) is 3.51. The largest absolute Gasteiger partial charge is 0.378 e. The van der Waals surface area contributed by atoms with Crippen molar-refractivity contribution in [3.05, 3.63) is 29.8 Å². The third-order valence-corrected chi connectivity index (χ3v) is 4.41. The van der Waals surface area contributed by atoms with Gasteiger partial charge >= 0.3 is 0 Å². The molecule has 0 saturated carbocycles. The quantitative estimate of drug-likeness (QED) is 0.836. The summed E-state index contributed by atoms with van der Waals surface area (Å²) in [5.74, 6) is 0.289. The molecule has 0 spiro atoms. The molecule has 2 saturated heterocycles. The van der Waals surface area contributed by atoms with Gasteiger partial charge < -0.3 is 9.80 Å². The van der Waals surface area contributed by atoms with E-state index in [0.29, 0.717) is 12.6 Å². The van der Waals surface area contributed by atoms with Gasteiger partial charge in [0.2, 0.25) is 5.91 Å². The second-order valence-corrected chi connectivity index (χ2v) is 6.11. The molecule has 1 aromatic carbocycles. The topological polar surface area (TPSA) is 26.8 Å². The van der Waals surface area contributed by atoms with Gasteiger partial charge in [-0.3, -0.25) is 9.69 Å². The fourth-order valence-corrected chi connectivity index (χ4v) is 3.23. The monoisotopic (exact) mass is 273 g/mol. The molecule has 3 rings (SSSR count). The maximum atomic E-state index is 12.3. The number of piperidine rings is 1. The minimum atomic E-state index is 0.289. The van der Waals surface area contributed by atoms with E-state index in [2.05, 4.69) is 39.0 Å². The molecule has 2 fully saturated rings. The molecule has 2 atom stereocenters. The van der Waals surface area contributed by atoms with Gasteiger partial charge in [0, 0.05) is 38.9 Å². The van der Waals surface area contributed by atoms with Crippen molar-refractivity contribution in [3.63, 3.8) is 0 Å². The zero-order valence-corrected chi connectivity index (χ0v) is 12.4. The molecular weight excluding hydrogens is 250 g/mol. The number of carbonyl (C=O) groups excluding carboxylic acids is 1. The lowest BCUT2D eigenvalue weighted by atomic mass is 10.00. The highest BCUT2D eigenvalue weighted by atomic mass is 16.2. The molecule has 1 amide bonds. The molecule has 20 heavy (non-hydrogen) atoms. The van der Waals surface area contributed by atoms with Crippen LogP contribution in [0.2, 0.25) is 0 Å². The zero-order chi connectivity index (χ0) is 14.1. The molecule has 1 aromatic rings. The number of anilines is 1. The predicted octanol–water partition coefficient (Wildman–Crippen LogP) is 1.56. The first-order valence-corrected chi connectivity index (χ1v) is 7.41. The van der Waals surface area contributed by atoms with Gasteiger partial charge in [0.15, 0.2) is 0 Å². The van der Waals surface area contributed by atoms with Gasteiger partial charge in [0.05, 0.1) is 6.54 Å². The van der Waals surface area contributed by atoms with Gasteiger partial charge in [0.25, 0.3) is 0 Å². The van der Waals surface area contributed by atoms with Crippen LogP contribution in [-0.4, -0.2) is 55.5 Å². The molecule has 2 heterocycles. The van der Waals surface area contributed by atoms with Crippen LogP contribution in [0.15, 0.2) is 24.3 Å². The number of carbonyl (C=O) groups is 1. The highest BCUT2D eigenvalue weighted by molar-refractivity contribution is 5.79. The van der Waals surface area contributed by atoms with Crippen LogP contribution in [-0.2, 0) is 11.3 Å². The van der Waals surface area contributed by atoms with E-state index < -0.39 is 0 Å². The molecule has 4 nitrogen and oxygen atoms in total. The molecule has 0 radical (unpaired) electrons.